The summed E-state index contributed by atoms with van der Waals surface area (Å²) < 4.78 is 27.4. The Balaban J connectivity index is 2.46. The van der Waals surface area contributed by atoms with Crippen molar-refractivity contribution in [3.05, 3.63) is 47.2 Å². The molecule has 0 aliphatic rings. The molecule has 3 N–H and O–H groups in total. The van der Waals surface area contributed by atoms with Crippen LogP contribution in [0.25, 0.3) is 0 Å². The highest BCUT2D eigenvalue weighted by molar-refractivity contribution is 7.92. The largest absolute Gasteiger partial charge is 0.399 e. The molecule has 0 aliphatic carbocycles. The number of nitrogens with one attached hydrogen (secondary N) is 1. The van der Waals surface area contributed by atoms with Crippen LogP contribution in [0.4, 0.5) is 11.5 Å². The Bertz CT molecular complexity index is 732. The Kier molecular flexibility index (Phi) is 3.67. The molecule has 0 aliphatic heterocycles. The summed E-state index contributed by atoms with van der Waals surface area (Å²) in [7, 11) is -3.68. The van der Waals surface area contributed by atoms with E-state index in [1.54, 1.807) is 44.3 Å². The van der Waals surface area contributed by atoms with E-state index in [0.29, 0.717) is 22.6 Å². The van der Waals surface area contributed by atoms with Crippen molar-refractivity contribution in [1.82, 2.24) is 4.98 Å². The summed E-state index contributed by atoms with van der Waals surface area (Å²) in [5, 5.41) is 0. The van der Waals surface area contributed by atoms with Gasteiger partial charge < -0.3 is 5.73 Å². The van der Waals surface area contributed by atoms with Crippen LogP contribution in [-0.4, -0.2) is 13.4 Å². The van der Waals surface area contributed by atoms with Crippen LogP contribution in [0.1, 0.15) is 16.7 Å². The lowest BCUT2D eigenvalue weighted by atomic mass is 10.1. The number of benzene rings is 1. The highest BCUT2D eigenvalue weighted by Gasteiger charge is 2.20. The van der Waals surface area contributed by atoms with Crippen molar-refractivity contribution in [3.63, 3.8) is 0 Å². The van der Waals surface area contributed by atoms with Gasteiger partial charge in [-0.1, -0.05) is 0 Å². The molecule has 0 saturated heterocycles. The molecule has 0 fully saturated rings. The topological polar surface area (TPSA) is 85.1 Å². The van der Waals surface area contributed by atoms with Gasteiger partial charge in [0, 0.05) is 11.9 Å². The second-order valence-electron chi connectivity index (χ2n) is 4.81. The molecule has 5 nitrogen and oxygen atoms in total. The molecule has 2 aromatic rings. The van der Waals surface area contributed by atoms with Gasteiger partial charge in [0.1, 0.15) is 5.82 Å². The minimum atomic E-state index is -3.68. The zero-order valence-corrected chi connectivity index (χ0v) is 12.5. The van der Waals surface area contributed by atoms with Gasteiger partial charge in [0.15, 0.2) is 0 Å². The van der Waals surface area contributed by atoms with Crippen LogP contribution >= 0.6 is 0 Å². The Morgan fingerprint density at radius 2 is 1.70 bits per heavy atom. The van der Waals surface area contributed by atoms with Gasteiger partial charge in [-0.15, -0.1) is 0 Å². The first-order valence-corrected chi connectivity index (χ1v) is 7.60. The van der Waals surface area contributed by atoms with Crippen LogP contribution in [0.15, 0.2) is 35.4 Å². The fourth-order valence-electron chi connectivity index (χ4n) is 2.19. The van der Waals surface area contributed by atoms with Crippen molar-refractivity contribution < 1.29 is 8.42 Å². The van der Waals surface area contributed by atoms with Gasteiger partial charge in [0.2, 0.25) is 0 Å². The predicted molar refractivity (Wildman–Crippen MR) is 80.1 cm³/mol. The van der Waals surface area contributed by atoms with E-state index < -0.39 is 10.0 Å². The van der Waals surface area contributed by atoms with Crippen molar-refractivity contribution in [2.24, 2.45) is 0 Å². The molecule has 106 valence electrons. The van der Waals surface area contributed by atoms with Crippen molar-refractivity contribution >= 4 is 21.5 Å². The molecule has 1 aromatic carbocycles. The molecule has 0 amide bonds. The Hall–Kier alpha value is -2.08. The number of anilines is 2. The van der Waals surface area contributed by atoms with Gasteiger partial charge in [-0.2, -0.15) is 0 Å². The maximum absolute atomic E-state index is 12.5. The molecule has 0 spiro atoms. The van der Waals surface area contributed by atoms with Crippen LogP contribution in [0.5, 0.6) is 0 Å². The molecule has 0 radical (unpaired) electrons. The molecule has 0 atom stereocenters. The summed E-state index contributed by atoms with van der Waals surface area (Å²) in [5.41, 5.74) is 8.43. The number of pyridine rings is 1. The number of nitrogens with two attached hydrogens (primary N) is 1. The first kappa shape index (κ1) is 14.3. The van der Waals surface area contributed by atoms with Crippen LogP contribution in [0.2, 0.25) is 0 Å². The lowest BCUT2D eigenvalue weighted by Gasteiger charge is -2.13. The Morgan fingerprint density at radius 1 is 1.10 bits per heavy atom. The first-order chi connectivity index (χ1) is 9.29. The molecule has 6 heteroatoms. The standard InChI is InChI=1S/C14H17N3O2S/c1-9-4-5-16-13(6-9)17-20(18,19)14-10(2)7-12(15)8-11(14)3/h4-8H,15H2,1-3H3,(H,16,17). The number of hydrogen-bond acceptors (Lipinski definition) is 4. The fraction of sp³-hybridized carbons (Fsp3) is 0.214. The lowest BCUT2D eigenvalue weighted by Crippen LogP contribution is -2.16. The molecule has 2 rings (SSSR count). The molecule has 20 heavy (non-hydrogen) atoms. The van der Waals surface area contributed by atoms with Crippen LogP contribution < -0.4 is 10.5 Å². The first-order valence-electron chi connectivity index (χ1n) is 6.12. The highest BCUT2D eigenvalue weighted by Crippen LogP contribution is 2.24. The Morgan fingerprint density at radius 3 is 2.25 bits per heavy atom. The average molecular weight is 291 g/mol. The van der Waals surface area contributed by atoms with E-state index in [9.17, 15) is 8.42 Å². The van der Waals surface area contributed by atoms with E-state index in [0.717, 1.165) is 5.56 Å². The zero-order chi connectivity index (χ0) is 14.9. The van der Waals surface area contributed by atoms with E-state index in [1.165, 1.54) is 0 Å². The van der Waals surface area contributed by atoms with Crippen LogP contribution in [0.3, 0.4) is 0 Å². The third kappa shape index (κ3) is 2.91. The monoisotopic (exact) mass is 291 g/mol. The second kappa shape index (κ2) is 5.13. The predicted octanol–water partition coefficient (Wildman–Crippen LogP) is 2.39. The number of nitrogens with zero attached hydrogens (tertiary/aromatic N) is 1. The van der Waals surface area contributed by atoms with Crippen molar-refractivity contribution in [3.8, 4) is 0 Å². The number of aryl methyl sites for hydroxylation is 3. The maximum atomic E-state index is 12.5. The lowest BCUT2D eigenvalue weighted by molar-refractivity contribution is 0.600. The third-order valence-corrected chi connectivity index (χ3v) is 4.57. The smallest absolute Gasteiger partial charge is 0.263 e. The summed E-state index contributed by atoms with van der Waals surface area (Å²) in [5.74, 6) is 0.306. The molecule has 1 heterocycles. The fourth-order valence-corrected chi connectivity index (χ4v) is 3.64. The Labute approximate surface area is 118 Å². The minimum absolute atomic E-state index is 0.245. The highest BCUT2D eigenvalue weighted by atomic mass is 32.2. The van der Waals surface area contributed by atoms with Gasteiger partial charge in [-0.05, 0) is 61.7 Å². The minimum Gasteiger partial charge on any atom is -0.399 e. The van der Waals surface area contributed by atoms with Crippen molar-refractivity contribution in [2.45, 2.75) is 25.7 Å². The quantitative estimate of drug-likeness (QED) is 0.850. The number of nitrogen functional groups attached to an aromatic ring is 1. The van der Waals surface area contributed by atoms with Gasteiger partial charge in [-0.3, -0.25) is 4.72 Å². The van der Waals surface area contributed by atoms with E-state index in [2.05, 4.69) is 9.71 Å². The number of aromatic nitrogens is 1. The number of rotatable bonds is 3. The third-order valence-electron chi connectivity index (χ3n) is 2.91. The SMILES string of the molecule is Cc1ccnc(NS(=O)(=O)c2c(C)cc(N)cc2C)c1. The summed E-state index contributed by atoms with van der Waals surface area (Å²) in [4.78, 5) is 4.26. The van der Waals surface area contributed by atoms with E-state index >= 15 is 0 Å². The molecule has 1 aromatic heterocycles. The molecule has 0 unspecified atom stereocenters. The molecule has 0 saturated carbocycles. The van der Waals surface area contributed by atoms with E-state index in [1.807, 2.05) is 6.92 Å². The second-order valence-corrected chi connectivity index (χ2v) is 6.43. The van der Waals surface area contributed by atoms with Crippen LogP contribution in [0, 0.1) is 20.8 Å². The summed E-state index contributed by atoms with van der Waals surface area (Å²) in [6, 6.07) is 6.77. The van der Waals surface area contributed by atoms with Crippen molar-refractivity contribution in [2.75, 3.05) is 10.5 Å². The van der Waals surface area contributed by atoms with Crippen LogP contribution in [-0.2, 0) is 10.0 Å². The van der Waals surface area contributed by atoms with Gasteiger partial charge >= 0.3 is 0 Å². The maximum Gasteiger partial charge on any atom is 0.263 e. The van der Waals surface area contributed by atoms with Gasteiger partial charge in [-0.25, -0.2) is 13.4 Å². The molecular formula is C14H17N3O2S. The summed E-state index contributed by atoms with van der Waals surface area (Å²) in [6.45, 7) is 5.32. The normalized spacial score (nSPS) is 11.3. The average Bonchev–Trinajstić information content (AvgIpc) is 2.25. The summed E-state index contributed by atoms with van der Waals surface area (Å²) in [6.07, 6.45) is 1.57. The van der Waals surface area contributed by atoms with E-state index in [-0.39, 0.29) is 4.90 Å². The molecule has 0 bridgehead atoms. The van der Waals surface area contributed by atoms with E-state index in [4.69, 9.17) is 5.73 Å². The van der Waals surface area contributed by atoms with Crippen molar-refractivity contribution in [1.29, 1.82) is 0 Å². The zero-order valence-electron chi connectivity index (χ0n) is 11.6. The van der Waals surface area contributed by atoms with Gasteiger partial charge in [0.05, 0.1) is 4.90 Å². The number of hydrogen-bond donors (Lipinski definition) is 2. The molecular weight excluding hydrogens is 274 g/mol. The number of sulfonamides is 1. The summed E-state index contributed by atoms with van der Waals surface area (Å²) >= 11 is 0. The van der Waals surface area contributed by atoms with Gasteiger partial charge in [0.25, 0.3) is 10.0 Å².